The number of hydrogen-bond acceptors (Lipinski definition) is 3. The lowest BCUT2D eigenvalue weighted by Crippen LogP contribution is -2.44. The van der Waals surface area contributed by atoms with Crippen molar-refractivity contribution in [2.24, 2.45) is 0 Å². The van der Waals surface area contributed by atoms with Gasteiger partial charge in [0.05, 0.1) is 6.07 Å². The molecule has 0 fully saturated rings. The number of rotatable bonds is 10. The largest absolute Gasteiger partial charge is 0.372 e. The Morgan fingerprint density at radius 3 is 2.43 bits per heavy atom. The van der Waals surface area contributed by atoms with E-state index in [2.05, 4.69) is 61.3 Å². The van der Waals surface area contributed by atoms with E-state index in [4.69, 9.17) is 0 Å². The molecular formula is C18H29N3. The molecule has 0 aliphatic rings. The first kappa shape index (κ1) is 17.5. The average molecular weight is 287 g/mol. The fraction of sp³-hybridized carbons (Fsp3) is 0.611. The minimum Gasteiger partial charge on any atom is -0.372 e. The first-order chi connectivity index (χ1) is 10.2. The molecule has 0 heterocycles. The van der Waals surface area contributed by atoms with Crippen molar-refractivity contribution >= 4 is 5.69 Å². The van der Waals surface area contributed by atoms with Crippen LogP contribution in [0.5, 0.6) is 0 Å². The highest BCUT2D eigenvalue weighted by molar-refractivity contribution is 5.45. The van der Waals surface area contributed by atoms with Gasteiger partial charge in [0.25, 0.3) is 0 Å². The fourth-order valence-corrected chi connectivity index (χ4v) is 2.61. The van der Waals surface area contributed by atoms with Crippen molar-refractivity contribution < 1.29 is 0 Å². The molecule has 1 rings (SSSR count). The summed E-state index contributed by atoms with van der Waals surface area (Å²) >= 11 is 0. The van der Waals surface area contributed by atoms with Crippen LogP contribution in [0, 0.1) is 11.3 Å². The highest BCUT2D eigenvalue weighted by Crippen LogP contribution is 2.19. The van der Waals surface area contributed by atoms with Gasteiger partial charge in [-0.3, -0.25) is 5.32 Å². The number of anilines is 1. The first-order valence-corrected chi connectivity index (χ1v) is 8.17. The van der Waals surface area contributed by atoms with E-state index in [1.54, 1.807) is 0 Å². The summed E-state index contributed by atoms with van der Waals surface area (Å²) in [5, 5.41) is 13.0. The molecule has 116 valence electrons. The lowest BCUT2D eigenvalue weighted by molar-refractivity contribution is 0.365. The van der Waals surface area contributed by atoms with Gasteiger partial charge in [-0.2, -0.15) is 5.26 Å². The molecule has 0 spiro atoms. The zero-order chi connectivity index (χ0) is 15.6. The van der Waals surface area contributed by atoms with Gasteiger partial charge in [-0.15, -0.1) is 0 Å². The van der Waals surface area contributed by atoms with E-state index in [9.17, 15) is 5.26 Å². The van der Waals surface area contributed by atoms with Crippen LogP contribution in [0.1, 0.15) is 46.5 Å². The Kier molecular flexibility index (Phi) is 7.85. The summed E-state index contributed by atoms with van der Waals surface area (Å²) in [7, 11) is 0. The van der Waals surface area contributed by atoms with Gasteiger partial charge < -0.3 is 4.90 Å². The van der Waals surface area contributed by atoms with Crippen LogP contribution >= 0.6 is 0 Å². The second kappa shape index (κ2) is 9.41. The van der Waals surface area contributed by atoms with Crippen LogP contribution in [0.4, 0.5) is 5.69 Å². The zero-order valence-corrected chi connectivity index (χ0v) is 13.7. The predicted molar refractivity (Wildman–Crippen MR) is 90.5 cm³/mol. The highest BCUT2D eigenvalue weighted by Gasteiger charge is 2.26. The summed E-state index contributed by atoms with van der Waals surface area (Å²) in [4.78, 5) is 2.37. The van der Waals surface area contributed by atoms with Gasteiger partial charge in [0.1, 0.15) is 5.54 Å². The molecule has 1 aromatic rings. The Morgan fingerprint density at radius 1 is 1.19 bits per heavy atom. The molecule has 0 aromatic heterocycles. The Bertz CT molecular complexity index is 424. The van der Waals surface area contributed by atoms with Gasteiger partial charge >= 0.3 is 0 Å². The van der Waals surface area contributed by atoms with Gasteiger partial charge in [-0.05, 0) is 51.3 Å². The molecule has 21 heavy (non-hydrogen) atoms. The van der Waals surface area contributed by atoms with Crippen LogP contribution in [-0.4, -0.2) is 25.2 Å². The van der Waals surface area contributed by atoms with Crippen molar-refractivity contribution in [3.63, 3.8) is 0 Å². The van der Waals surface area contributed by atoms with E-state index in [-0.39, 0.29) is 5.54 Å². The molecule has 3 heteroatoms. The molecule has 0 saturated heterocycles. The van der Waals surface area contributed by atoms with Crippen molar-refractivity contribution in [2.75, 3.05) is 24.5 Å². The summed E-state index contributed by atoms with van der Waals surface area (Å²) in [5.41, 5.74) is 0.909. The second-order valence-corrected chi connectivity index (χ2v) is 5.49. The van der Waals surface area contributed by atoms with Crippen LogP contribution in [0.25, 0.3) is 0 Å². The third-order valence-electron chi connectivity index (χ3n) is 4.07. The summed E-state index contributed by atoms with van der Waals surface area (Å²) in [6.07, 6.45) is 3.86. The van der Waals surface area contributed by atoms with Crippen molar-refractivity contribution in [1.82, 2.24) is 5.32 Å². The Hall–Kier alpha value is -1.53. The molecule has 0 radical (unpaired) electrons. The SMILES string of the molecule is CCCNC(C#N)(CC)CCCN(CC)c1ccccc1. The van der Waals surface area contributed by atoms with Gasteiger partial charge in [0.2, 0.25) is 0 Å². The monoisotopic (exact) mass is 287 g/mol. The topological polar surface area (TPSA) is 39.1 Å². The van der Waals surface area contributed by atoms with Crippen molar-refractivity contribution in [3.05, 3.63) is 30.3 Å². The van der Waals surface area contributed by atoms with E-state index in [0.717, 1.165) is 45.3 Å². The summed E-state index contributed by atoms with van der Waals surface area (Å²) < 4.78 is 0. The highest BCUT2D eigenvalue weighted by atomic mass is 15.1. The summed E-state index contributed by atoms with van der Waals surface area (Å²) in [5.74, 6) is 0. The minimum atomic E-state index is -0.355. The van der Waals surface area contributed by atoms with Gasteiger partial charge in [0.15, 0.2) is 0 Å². The maximum absolute atomic E-state index is 9.52. The quantitative estimate of drug-likeness (QED) is 0.708. The fourth-order valence-electron chi connectivity index (χ4n) is 2.61. The maximum atomic E-state index is 9.52. The van der Waals surface area contributed by atoms with E-state index in [1.165, 1.54) is 5.69 Å². The molecule has 0 aliphatic carbocycles. The molecule has 0 aliphatic heterocycles. The smallest absolute Gasteiger partial charge is 0.106 e. The normalized spacial score (nSPS) is 13.4. The standard InChI is InChI=1S/C18H29N3/c1-4-14-20-18(5-2,16-19)13-10-15-21(6-3)17-11-8-7-9-12-17/h7-9,11-12,20H,4-6,10,13-15H2,1-3H3. The van der Waals surface area contributed by atoms with Crippen LogP contribution < -0.4 is 10.2 Å². The van der Waals surface area contributed by atoms with Crippen molar-refractivity contribution in [1.29, 1.82) is 5.26 Å². The zero-order valence-electron chi connectivity index (χ0n) is 13.7. The first-order valence-electron chi connectivity index (χ1n) is 8.17. The number of para-hydroxylation sites is 1. The number of hydrogen-bond donors (Lipinski definition) is 1. The molecule has 1 N–H and O–H groups in total. The Labute approximate surface area is 130 Å². The van der Waals surface area contributed by atoms with E-state index in [0.29, 0.717) is 0 Å². The van der Waals surface area contributed by atoms with Gasteiger partial charge in [-0.25, -0.2) is 0 Å². The number of benzene rings is 1. The number of nitrogens with one attached hydrogen (secondary N) is 1. The molecule has 0 saturated carbocycles. The van der Waals surface area contributed by atoms with E-state index < -0.39 is 0 Å². The molecule has 1 aromatic carbocycles. The number of nitrogens with zero attached hydrogens (tertiary/aromatic N) is 2. The van der Waals surface area contributed by atoms with E-state index >= 15 is 0 Å². The Balaban J connectivity index is 2.54. The lowest BCUT2D eigenvalue weighted by Gasteiger charge is -2.29. The average Bonchev–Trinajstić information content (AvgIpc) is 2.56. The molecule has 1 unspecified atom stereocenters. The molecular weight excluding hydrogens is 258 g/mol. The summed E-state index contributed by atoms with van der Waals surface area (Å²) in [6.45, 7) is 9.33. The molecule has 0 bridgehead atoms. The minimum absolute atomic E-state index is 0.355. The third kappa shape index (κ3) is 5.40. The summed E-state index contributed by atoms with van der Waals surface area (Å²) in [6, 6.07) is 13.0. The van der Waals surface area contributed by atoms with E-state index in [1.807, 2.05) is 6.07 Å². The van der Waals surface area contributed by atoms with Gasteiger partial charge in [-0.1, -0.05) is 32.0 Å². The Morgan fingerprint density at radius 2 is 1.90 bits per heavy atom. The van der Waals surface area contributed by atoms with Crippen molar-refractivity contribution in [2.45, 2.75) is 52.0 Å². The lowest BCUT2D eigenvalue weighted by atomic mass is 9.91. The molecule has 3 nitrogen and oxygen atoms in total. The number of nitriles is 1. The maximum Gasteiger partial charge on any atom is 0.106 e. The molecule has 1 atom stereocenters. The van der Waals surface area contributed by atoms with Crippen molar-refractivity contribution in [3.8, 4) is 6.07 Å². The van der Waals surface area contributed by atoms with Crippen LogP contribution in [0.2, 0.25) is 0 Å². The third-order valence-corrected chi connectivity index (χ3v) is 4.07. The van der Waals surface area contributed by atoms with Crippen LogP contribution in [0.15, 0.2) is 30.3 Å². The second-order valence-electron chi connectivity index (χ2n) is 5.49. The predicted octanol–water partition coefficient (Wildman–Crippen LogP) is 3.97. The molecule has 0 amide bonds. The van der Waals surface area contributed by atoms with Gasteiger partial charge in [0, 0.05) is 18.8 Å². The van der Waals surface area contributed by atoms with Crippen LogP contribution in [0.3, 0.4) is 0 Å². The van der Waals surface area contributed by atoms with Crippen LogP contribution in [-0.2, 0) is 0 Å².